The van der Waals surface area contributed by atoms with E-state index < -0.39 is 23.5 Å². The summed E-state index contributed by atoms with van der Waals surface area (Å²) in [5, 5.41) is 11.8. The number of nitrogens with zero attached hydrogens (tertiary/aromatic N) is 1. The highest BCUT2D eigenvalue weighted by molar-refractivity contribution is 6.16. The van der Waals surface area contributed by atoms with Crippen molar-refractivity contribution in [3.8, 4) is 11.5 Å². The molecule has 0 radical (unpaired) electrons. The lowest BCUT2D eigenvalue weighted by Gasteiger charge is -2.29. The van der Waals surface area contributed by atoms with Crippen molar-refractivity contribution in [2.75, 3.05) is 53.1 Å². The number of ether oxygens (including phenoxy) is 3. The Bertz CT molecular complexity index is 1320. The third-order valence-electron chi connectivity index (χ3n) is 7.13. The predicted octanol–water partition coefficient (Wildman–Crippen LogP) is 2.72. The van der Waals surface area contributed by atoms with Crippen LogP contribution in [-0.2, 0) is 9.53 Å². The number of furan rings is 1. The zero-order chi connectivity index (χ0) is 26.6. The molecule has 2 aliphatic rings. The second-order valence-corrected chi connectivity index (χ2v) is 9.45. The van der Waals surface area contributed by atoms with Gasteiger partial charge in [0.1, 0.15) is 18.7 Å². The van der Waals surface area contributed by atoms with Gasteiger partial charge in [-0.2, -0.15) is 0 Å². The smallest absolute Gasteiger partial charge is 0.290 e. The number of ketones is 1. The van der Waals surface area contributed by atoms with Gasteiger partial charge < -0.3 is 33.5 Å². The number of aliphatic hydroxyl groups is 1. The Morgan fingerprint density at radius 2 is 1.92 bits per heavy atom. The third kappa shape index (κ3) is 4.99. The topological polar surface area (TPSA) is 103 Å². The van der Waals surface area contributed by atoms with Crippen LogP contribution in [0.15, 0.2) is 64.3 Å². The molecule has 2 aliphatic heterocycles. The van der Waals surface area contributed by atoms with Gasteiger partial charge in [-0.1, -0.05) is 24.3 Å². The van der Waals surface area contributed by atoms with Gasteiger partial charge in [0, 0.05) is 18.4 Å². The van der Waals surface area contributed by atoms with Gasteiger partial charge in [0.25, 0.3) is 5.91 Å². The number of hydrogen-bond donors (Lipinski definition) is 2. The van der Waals surface area contributed by atoms with E-state index in [0.29, 0.717) is 42.2 Å². The summed E-state index contributed by atoms with van der Waals surface area (Å²) in [6.45, 7) is 6.89. The van der Waals surface area contributed by atoms with Crippen LogP contribution in [0.3, 0.4) is 0 Å². The number of hydrogen-bond acceptors (Lipinski definition) is 7. The molecule has 38 heavy (non-hydrogen) atoms. The Labute approximate surface area is 221 Å². The largest absolute Gasteiger partial charge is 0.503 e. The first-order valence-corrected chi connectivity index (χ1v) is 13.0. The van der Waals surface area contributed by atoms with Crippen molar-refractivity contribution in [1.29, 1.82) is 0 Å². The van der Waals surface area contributed by atoms with Crippen molar-refractivity contribution in [3.05, 3.63) is 71.2 Å². The Morgan fingerprint density at radius 1 is 1.13 bits per heavy atom. The molecule has 1 fully saturated rings. The zero-order valence-electron chi connectivity index (χ0n) is 21.7. The van der Waals surface area contributed by atoms with Crippen molar-refractivity contribution in [2.45, 2.75) is 19.4 Å². The molecule has 0 unspecified atom stereocenters. The molecule has 1 saturated heterocycles. The minimum Gasteiger partial charge on any atom is -0.503 e. The first-order valence-electron chi connectivity index (χ1n) is 13.0. The van der Waals surface area contributed by atoms with E-state index in [0.717, 1.165) is 38.2 Å². The molecule has 1 atom stereocenters. The lowest BCUT2D eigenvalue weighted by molar-refractivity contribution is -0.908. The molecule has 0 aliphatic carbocycles. The van der Waals surface area contributed by atoms with E-state index in [2.05, 4.69) is 0 Å². The molecule has 3 aromatic rings. The van der Waals surface area contributed by atoms with E-state index in [1.165, 1.54) is 12.0 Å². The molecule has 2 aromatic carbocycles. The molecular weight excluding hydrogens is 488 g/mol. The molecule has 1 amide bonds. The maximum absolute atomic E-state index is 13.8. The summed E-state index contributed by atoms with van der Waals surface area (Å²) < 4.78 is 22.5. The maximum Gasteiger partial charge on any atom is 0.290 e. The summed E-state index contributed by atoms with van der Waals surface area (Å²) in [5.41, 5.74) is 1.20. The average Bonchev–Trinajstić information content (AvgIpc) is 3.49. The Hall–Kier alpha value is -3.82. The van der Waals surface area contributed by atoms with Crippen LogP contribution in [0.1, 0.15) is 35.5 Å². The van der Waals surface area contributed by atoms with Gasteiger partial charge in [0.2, 0.25) is 5.78 Å². The number of rotatable bonds is 10. The fourth-order valence-electron chi connectivity index (χ4n) is 5.23. The Balaban J connectivity index is 1.49. The maximum atomic E-state index is 13.8. The molecule has 0 bridgehead atoms. The number of quaternary nitrogens is 1. The van der Waals surface area contributed by atoms with Gasteiger partial charge in [-0.15, -0.1) is 0 Å². The minimum absolute atomic E-state index is 0.000937. The number of para-hydroxylation sites is 1. The van der Waals surface area contributed by atoms with Crippen LogP contribution >= 0.6 is 0 Å². The molecule has 5 rings (SSSR count). The first kappa shape index (κ1) is 25.8. The van der Waals surface area contributed by atoms with E-state index in [4.69, 9.17) is 18.6 Å². The van der Waals surface area contributed by atoms with Gasteiger partial charge in [-0.25, -0.2) is 0 Å². The average molecular weight is 522 g/mol. The predicted molar refractivity (Wildman–Crippen MR) is 140 cm³/mol. The normalized spacial score (nSPS) is 18.4. The van der Waals surface area contributed by atoms with E-state index in [1.807, 2.05) is 25.1 Å². The minimum atomic E-state index is -0.799. The number of aliphatic hydroxyl groups excluding tert-OH is 1. The molecule has 0 spiro atoms. The van der Waals surface area contributed by atoms with Gasteiger partial charge >= 0.3 is 0 Å². The van der Waals surface area contributed by atoms with Gasteiger partial charge in [-0.05, 0) is 36.8 Å². The molecule has 9 nitrogen and oxygen atoms in total. The lowest BCUT2D eigenvalue weighted by atomic mass is 9.94. The van der Waals surface area contributed by atoms with Crippen LogP contribution < -0.4 is 14.4 Å². The monoisotopic (exact) mass is 521 g/mol. The number of carbonyl (C=O) groups excluding carboxylic acids is 2. The molecule has 0 saturated carbocycles. The summed E-state index contributed by atoms with van der Waals surface area (Å²) in [6, 6.07) is 13.5. The van der Waals surface area contributed by atoms with Crippen molar-refractivity contribution in [3.63, 3.8) is 0 Å². The van der Waals surface area contributed by atoms with Crippen LogP contribution in [-0.4, -0.2) is 74.8 Å². The number of Topliss-reactive ketones (excluding diaryl/α,β-unsaturated/α-hetero) is 1. The molecule has 2 N–H and O–H groups in total. The fraction of sp³-hybridized carbons (Fsp3) is 0.379. The van der Waals surface area contributed by atoms with Crippen molar-refractivity contribution in [2.24, 2.45) is 0 Å². The SMILES string of the molecule is CCOc1ccc([C@H]2C(C(=O)c3cc4ccccc4o3)=C(O)C(=O)N2CCC[NH+]2CCOCC2)cc1OC. The quantitative estimate of drug-likeness (QED) is 0.396. The van der Waals surface area contributed by atoms with Crippen LogP contribution in [0.25, 0.3) is 11.0 Å². The van der Waals surface area contributed by atoms with Gasteiger partial charge in [-0.3, -0.25) is 9.59 Å². The van der Waals surface area contributed by atoms with E-state index in [1.54, 1.807) is 35.2 Å². The highest BCUT2D eigenvalue weighted by Crippen LogP contribution is 2.42. The van der Waals surface area contributed by atoms with E-state index in [-0.39, 0.29) is 11.3 Å². The number of methoxy groups -OCH3 is 1. The number of morpholine rings is 1. The zero-order valence-corrected chi connectivity index (χ0v) is 21.7. The standard InChI is InChI=1S/C29H32N2O7/c1-3-37-22-10-9-20(18-23(22)35-2)26-25(27(32)24-17-19-7-4-5-8-21(19)38-24)28(33)29(34)31(26)12-6-11-30-13-15-36-16-14-30/h4-5,7-10,17-18,26,33H,3,6,11-16H2,1-2H3/p+1/t26-/m0/s1. The number of fused-ring (bicyclic) bond motifs is 1. The molecule has 9 heteroatoms. The summed E-state index contributed by atoms with van der Waals surface area (Å²) in [6.07, 6.45) is 0.713. The molecule has 1 aromatic heterocycles. The number of amides is 1. The summed E-state index contributed by atoms with van der Waals surface area (Å²) in [4.78, 5) is 30.1. The Kier molecular flexibility index (Phi) is 7.67. The molecular formula is C29H33N2O7+. The number of nitrogens with one attached hydrogen (secondary N) is 1. The second-order valence-electron chi connectivity index (χ2n) is 9.45. The van der Waals surface area contributed by atoms with Crippen LogP contribution in [0, 0.1) is 0 Å². The molecule has 3 heterocycles. The lowest BCUT2D eigenvalue weighted by Crippen LogP contribution is -3.14. The third-order valence-corrected chi connectivity index (χ3v) is 7.13. The van der Waals surface area contributed by atoms with Crippen molar-refractivity contribution in [1.82, 2.24) is 4.90 Å². The number of carbonyl (C=O) groups is 2. The van der Waals surface area contributed by atoms with Crippen LogP contribution in [0.2, 0.25) is 0 Å². The highest BCUT2D eigenvalue weighted by atomic mass is 16.5. The summed E-state index contributed by atoms with van der Waals surface area (Å²) in [5.74, 6) is -0.527. The summed E-state index contributed by atoms with van der Waals surface area (Å²) >= 11 is 0. The fourth-order valence-corrected chi connectivity index (χ4v) is 5.23. The van der Waals surface area contributed by atoms with Crippen LogP contribution in [0.4, 0.5) is 0 Å². The van der Waals surface area contributed by atoms with Crippen LogP contribution in [0.5, 0.6) is 11.5 Å². The van der Waals surface area contributed by atoms with Gasteiger partial charge in [0.05, 0.1) is 45.1 Å². The first-order chi connectivity index (χ1) is 18.5. The van der Waals surface area contributed by atoms with Gasteiger partial charge in [0.15, 0.2) is 23.0 Å². The van der Waals surface area contributed by atoms with E-state index >= 15 is 0 Å². The van der Waals surface area contributed by atoms with Crippen molar-refractivity contribution >= 4 is 22.7 Å². The highest BCUT2D eigenvalue weighted by Gasteiger charge is 2.44. The number of benzene rings is 2. The Morgan fingerprint density at radius 3 is 2.66 bits per heavy atom. The molecule has 200 valence electrons. The second kappa shape index (κ2) is 11.3. The van der Waals surface area contributed by atoms with Crippen molar-refractivity contribution < 1.29 is 38.2 Å². The summed E-state index contributed by atoms with van der Waals surface area (Å²) in [7, 11) is 1.54. The van der Waals surface area contributed by atoms with E-state index in [9.17, 15) is 14.7 Å².